The summed E-state index contributed by atoms with van der Waals surface area (Å²) in [6.07, 6.45) is 14.3. The van der Waals surface area contributed by atoms with Gasteiger partial charge in [-0.1, -0.05) is 24.3 Å². The van der Waals surface area contributed by atoms with Crippen LogP contribution in [0.4, 0.5) is 5.69 Å². The summed E-state index contributed by atoms with van der Waals surface area (Å²) in [5.74, 6) is 1.52. The van der Waals surface area contributed by atoms with Crippen molar-refractivity contribution in [3.05, 3.63) is 64.8 Å². The maximum absolute atomic E-state index is 14.5. The van der Waals surface area contributed by atoms with Crippen molar-refractivity contribution < 1.29 is 19.1 Å². The fourth-order valence-corrected chi connectivity index (χ4v) is 9.59. The fourth-order valence-electron chi connectivity index (χ4n) is 8.50. The Hall–Kier alpha value is -3.19. The molecule has 0 radical (unpaired) electrons. The number of rotatable bonds is 9. The van der Waals surface area contributed by atoms with E-state index in [4.69, 9.17) is 14.5 Å². The number of thiazole rings is 1. The Bertz CT molecular complexity index is 1540. The second kappa shape index (κ2) is 12.2. The van der Waals surface area contributed by atoms with Crippen molar-refractivity contribution in [1.82, 2.24) is 4.98 Å². The highest BCUT2D eigenvalue weighted by Crippen LogP contribution is 2.58. The van der Waals surface area contributed by atoms with Crippen molar-refractivity contribution >= 4 is 28.9 Å². The van der Waals surface area contributed by atoms with E-state index in [2.05, 4.69) is 54.3 Å². The number of carbonyl (C=O) groups excluding carboxylic acids is 2. The van der Waals surface area contributed by atoms with Gasteiger partial charge < -0.3 is 14.4 Å². The van der Waals surface area contributed by atoms with Gasteiger partial charge in [-0.15, -0.1) is 11.3 Å². The number of esters is 1. The maximum Gasteiger partial charge on any atom is 0.308 e. The van der Waals surface area contributed by atoms with Gasteiger partial charge in [0.05, 0.1) is 30.0 Å². The van der Waals surface area contributed by atoms with Crippen LogP contribution >= 0.6 is 11.3 Å². The van der Waals surface area contributed by atoms with E-state index < -0.39 is 0 Å². The summed E-state index contributed by atoms with van der Waals surface area (Å²) in [6, 6.07) is 15.4. The zero-order valence-corrected chi connectivity index (χ0v) is 27.8. The van der Waals surface area contributed by atoms with Gasteiger partial charge >= 0.3 is 5.97 Å². The zero-order chi connectivity index (χ0) is 31.2. The Labute approximate surface area is 271 Å². The van der Waals surface area contributed by atoms with Gasteiger partial charge in [-0.05, 0) is 130 Å². The van der Waals surface area contributed by atoms with Crippen molar-refractivity contribution in [2.75, 3.05) is 25.7 Å². The molecule has 0 atom stereocenters. The minimum atomic E-state index is -0.139. The first kappa shape index (κ1) is 30.5. The average molecular weight is 627 g/mol. The predicted molar refractivity (Wildman–Crippen MR) is 179 cm³/mol. The van der Waals surface area contributed by atoms with Gasteiger partial charge in [0.25, 0.3) is 0 Å². The number of aromatic nitrogens is 1. The minimum absolute atomic E-state index is 0.0654. The summed E-state index contributed by atoms with van der Waals surface area (Å²) in [5.41, 5.74) is 5.15. The highest BCUT2D eigenvalue weighted by Gasteiger charge is 2.50. The molecule has 5 fully saturated rings. The van der Waals surface area contributed by atoms with Crippen LogP contribution in [0.5, 0.6) is 5.75 Å². The van der Waals surface area contributed by atoms with Crippen LogP contribution in [0, 0.1) is 24.2 Å². The first-order chi connectivity index (χ1) is 21.8. The molecule has 0 saturated heterocycles. The third-order valence-corrected chi connectivity index (χ3v) is 12.9. The zero-order valence-electron chi connectivity index (χ0n) is 27.0. The smallest absolute Gasteiger partial charge is 0.308 e. The van der Waals surface area contributed by atoms with E-state index in [9.17, 15) is 9.59 Å². The first-order valence-electron chi connectivity index (χ1n) is 16.9. The van der Waals surface area contributed by atoms with E-state index in [0.717, 1.165) is 87.8 Å². The molecule has 5 aliphatic rings. The third kappa shape index (κ3) is 5.93. The minimum Gasteiger partial charge on any atom is -0.496 e. The molecule has 6 nitrogen and oxygen atoms in total. The van der Waals surface area contributed by atoms with Crippen LogP contribution < -0.4 is 9.64 Å². The molecule has 1 amide bonds. The number of nitrogens with zero attached hydrogens (tertiary/aromatic N) is 2. The summed E-state index contributed by atoms with van der Waals surface area (Å²) >= 11 is 1.80. The Morgan fingerprint density at radius 3 is 2.27 bits per heavy atom. The number of fused-ring (bicyclic) bond motifs is 3. The number of benzene rings is 2. The predicted octanol–water partition coefficient (Wildman–Crippen LogP) is 8.61. The van der Waals surface area contributed by atoms with Crippen LogP contribution in [0.3, 0.4) is 0 Å². The van der Waals surface area contributed by atoms with E-state index in [1.807, 2.05) is 6.20 Å². The molecule has 3 aromatic rings. The number of anilines is 1. The van der Waals surface area contributed by atoms with Gasteiger partial charge in [-0.25, -0.2) is 4.98 Å². The molecule has 0 spiro atoms. The number of ether oxygens (including phenoxy) is 2. The summed E-state index contributed by atoms with van der Waals surface area (Å²) in [5, 5.41) is 1.24. The van der Waals surface area contributed by atoms with Gasteiger partial charge in [0, 0.05) is 30.3 Å². The lowest BCUT2D eigenvalue weighted by Gasteiger charge is -2.55. The Kier molecular flexibility index (Phi) is 8.26. The number of hydrogen-bond acceptors (Lipinski definition) is 6. The molecule has 238 valence electrons. The van der Waals surface area contributed by atoms with Crippen LogP contribution in [0.25, 0.3) is 10.4 Å². The molecule has 7 heteroatoms. The number of hydrogen-bond donors (Lipinski definition) is 0. The lowest BCUT2D eigenvalue weighted by Crippen LogP contribution is -2.51. The van der Waals surface area contributed by atoms with Gasteiger partial charge in [0.2, 0.25) is 5.91 Å². The Morgan fingerprint density at radius 1 is 0.911 bits per heavy atom. The molecule has 45 heavy (non-hydrogen) atoms. The molecular formula is C38H46N2O4S. The number of amides is 1. The molecule has 1 heterocycles. The van der Waals surface area contributed by atoms with E-state index in [1.54, 1.807) is 18.4 Å². The number of methoxy groups -OCH3 is 2. The SMILES string of the molecule is COC(=O)C1CCC(C(=O)N(CC23CCC(c4ccc(OC)c(C)c4)(CC2)CC3)c2cccc(-c3cnc(C4CC4)s3)c2)CC1. The first-order valence-corrected chi connectivity index (χ1v) is 17.7. The molecule has 1 aromatic heterocycles. The summed E-state index contributed by atoms with van der Waals surface area (Å²) in [7, 11) is 3.20. The Morgan fingerprint density at radius 2 is 1.62 bits per heavy atom. The molecule has 2 bridgehead atoms. The second-order valence-corrected chi connectivity index (χ2v) is 15.4. The number of aryl methyl sites for hydroxylation is 1. The largest absolute Gasteiger partial charge is 0.496 e. The monoisotopic (exact) mass is 626 g/mol. The number of carbonyl (C=O) groups is 2. The van der Waals surface area contributed by atoms with Gasteiger partial charge in [0.15, 0.2) is 0 Å². The van der Waals surface area contributed by atoms with E-state index in [0.29, 0.717) is 5.92 Å². The summed E-state index contributed by atoms with van der Waals surface area (Å²) in [6.45, 7) is 2.91. The van der Waals surface area contributed by atoms with Crippen molar-refractivity contribution in [3.8, 4) is 16.2 Å². The molecule has 2 aromatic carbocycles. The highest BCUT2D eigenvalue weighted by atomic mass is 32.1. The molecule has 0 aliphatic heterocycles. The molecule has 5 saturated carbocycles. The third-order valence-electron chi connectivity index (χ3n) is 11.7. The lowest BCUT2D eigenvalue weighted by atomic mass is 9.51. The van der Waals surface area contributed by atoms with Crippen molar-refractivity contribution in [1.29, 1.82) is 0 Å². The molecule has 5 aliphatic carbocycles. The summed E-state index contributed by atoms with van der Waals surface area (Å²) < 4.78 is 10.6. The second-order valence-electron chi connectivity index (χ2n) is 14.3. The van der Waals surface area contributed by atoms with Crippen LogP contribution in [-0.2, 0) is 19.7 Å². The summed E-state index contributed by atoms with van der Waals surface area (Å²) in [4.78, 5) is 34.8. The molecule has 8 rings (SSSR count). The van der Waals surface area contributed by atoms with Crippen molar-refractivity contribution in [3.63, 3.8) is 0 Å². The molecular weight excluding hydrogens is 580 g/mol. The lowest BCUT2D eigenvalue weighted by molar-refractivity contribution is -0.147. The Balaban J connectivity index is 1.14. The van der Waals surface area contributed by atoms with Crippen molar-refractivity contribution in [2.45, 2.75) is 95.3 Å². The van der Waals surface area contributed by atoms with Gasteiger partial charge in [0.1, 0.15) is 5.75 Å². The molecule has 0 N–H and O–H groups in total. The van der Waals surface area contributed by atoms with E-state index >= 15 is 0 Å². The molecule has 0 unspecified atom stereocenters. The van der Waals surface area contributed by atoms with Crippen LogP contribution in [0.1, 0.15) is 99.1 Å². The maximum atomic E-state index is 14.5. The van der Waals surface area contributed by atoms with Crippen LogP contribution in [0.2, 0.25) is 0 Å². The van der Waals surface area contributed by atoms with E-state index in [-0.39, 0.29) is 34.5 Å². The van der Waals surface area contributed by atoms with Crippen LogP contribution in [0.15, 0.2) is 48.7 Å². The average Bonchev–Trinajstić information content (AvgIpc) is 3.83. The van der Waals surface area contributed by atoms with Gasteiger partial charge in [-0.3, -0.25) is 9.59 Å². The highest BCUT2D eigenvalue weighted by molar-refractivity contribution is 7.15. The van der Waals surface area contributed by atoms with Gasteiger partial charge in [-0.2, -0.15) is 0 Å². The van der Waals surface area contributed by atoms with E-state index in [1.165, 1.54) is 41.0 Å². The topological polar surface area (TPSA) is 68.7 Å². The standard InChI is InChI=1S/C38H46N2O4S/c1-25-21-30(13-14-32(25)43-2)38-18-15-37(16-19-38,17-20-38)24-40(35(41)27-9-11-28(12-10-27)36(42)44-3)31-6-4-5-29(22-31)33-23-39-34(45-33)26-7-8-26/h4-6,13-14,21-23,26-28H,7-12,15-20,24H2,1-3H3. The fraction of sp³-hybridized carbons (Fsp3) is 0.553. The van der Waals surface area contributed by atoms with Crippen LogP contribution in [-0.4, -0.2) is 37.6 Å². The normalized spacial score (nSPS) is 27.6. The quantitative estimate of drug-likeness (QED) is 0.223. The van der Waals surface area contributed by atoms with Crippen molar-refractivity contribution in [2.24, 2.45) is 17.3 Å².